The van der Waals surface area contributed by atoms with Gasteiger partial charge in [0.1, 0.15) is 140 Å². The van der Waals surface area contributed by atoms with Crippen LogP contribution in [0.3, 0.4) is 0 Å². The predicted octanol–water partition coefficient (Wildman–Crippen LogP) is -12.6. The first kappa shape index (κ1) is 61.5. The van der Waals surface area contributed by atoms with E-state index >= 15 is 0 Å². The zero-order valence-corrected chi connectivity index (χ0v) is 40.7. The summed E-state index contributed by atoms with van der Waals surface area (Å²) in [5, 5.41) is 179. The van der Waals surface area contributed by atoms with Gasteiger partial charge in [-0.2, -0.15) is 0 Å². The van der Waals surface area contributed by atoms with Crippen molar-refractivity contribution in [3.8, 4) is 0 Å². The number of aliphatic hydroxyl groups excluding tert-OH is 16. The molecule has 434 valence electrons. The van der Waals surface area contributed by atoms with Crippen molar-refractivity contribution < 1.29 is 148 Å². The Bertz CT molecular complexity index is 1850. The standard InChI is InChI=1S/C42H71N3O30/c1-10-22(52)29(59)32(62)40(67-10)65-9-18-35(27(57)19(37(64)68-18)43-11(2)49)73-39-21(45-13(4)51)28(58)34(16(7-48)71-39)74-41-33(63)30(60)25(55)17(72-41)8-66-42-36(31(61)24(54)15(6-47)70-42)75-38-20(44-12(3)50)26(56)23(53)14(5-46)69-38/h10,14-42,46-48,52-64H,5-9H2,1-4H3,(H,43,49)(H,44,50)(H,45,51)/t10-,14+,15+,16+,17+,18+,19+,20+,21+,22+,23+,24+,25+,26+,27+,28+,29+,30-,31-,32-,33-,34+,35+,36-,37+,38-,39-,40-,41-,42-/m0/s1. The maximum Gasteiger partial charge on any atom is 0.217 e. The molecule has 19 N–H and O–H groups in total. The first-order valence-electron chi connectivity index (χ1n) is 23.9. The molecule has 6 saturated heterocycles. The molecule has 6 fully saturated rings. The van der Waals surface area contributed by atoms with E-state index in [0.717, 1.165) is 20.8 Å². The maximum absolute atomic E-state index is 12.6. The van der Waals surface area contributed by atoms with Crippen LogP contribution < -0.4 is 16.0 Å². The van der Waals surface area contributed by atoms with Crippen LogP contribution in [0, 0.1) is 0 Å². The SMILES string of the molecule is CC(=O)N[C@@H]1[C@@H](O)[C@H](O[C@@H]2O[C@H](CO)[C@@H](O[C@@H]3O[C@H](CO[C@H]4O[C@H](CO)[C@@H](O)[C@H](O)[C@@H]4O[C@@H]4O[C@H](CO)[C@@H](O)[C@H](O)[C@H]4NC(C)=O)[C@@H](O)[C@H](O)[C@@H]3O)[C@H](O)[C@H]2NC(C)=O)[C@@H](CO[C@H]2O[C@@H](C)[C@@H](O)[C@@H](O)[C@@H]2O)O[C@H]1O. The molecular formula is C42H71N3O30. The van der Waals surface area contributed by atoms with Crippen LogP contribution in [-0.2, 0) is 66.5 Å². The Morgan fingerprint density at radius 2 is 0.773 bits per heavy atom. The van der Waals surface area contributed by atoms with Gasteiger partial charge in [0.25, 0.3) is 0 Å². The molecule has 33 heteroatoms. The minimum absolute atomic E-state index is 0.715. The van der Waals surface area contributed by atoms with Gasteiger partial charge < -0.3 is 150 Å². The molecule has 0 radical (unpaired) electrons. The topological polar surface area (TPSA) is 513 Å². The van der Waals surface area contributed by atoms with Gasteiger partial charge in [-0.05, 0) is 6.92 Å². The van der Waals surface area contributed by atoms with Crippen LogP contribution in [0.2, 0.25) is 0 Å². The number of amides is 3. The normalized spacial score (nSPS) is 48.6. The van der Waals surface area contributed by atoms with Crippen molar-refractivity contribution in [2.24, 2.45) is 0 Å². The quantitative estimate of drug-likeness (QED) is 0.0606. The fourth-order valence-corrected chi connectivity index (χ4v) is 9.45. The van der Waals surface area contributed by atoms with Crippen molar-refractivity contribution in [1.82, 2.24) is 16.0 Å². The monoisotopic (exact) mass is 1100 g/mol. The molecule has 0 unspecified atom stereocenters. The molecule has 0 spiro atoms. The van der Waals surface area contributed by atoms with Crippen molar-refractivity contribution in [2.45, 2.75) is 212 Å². The maximum atomic E-state index is 12.6. The second-order valence-corrected chi connectivity index (χ2v) is 19.0. The fourth-order valence-electron chi connectivity index (χ4n) is 9.45. The van der Waals surface area contributed by atoms with Crippen LogP contribution in [0.1, 0.15) is 27.7 Å². The number of hydrogen-bond donors (Lipinski definition) is 19. The second kappa shape index (κ2) is 26.5. The number of carbonyl (C=O) groups excluding carboxylic acids is 3. The molecule has 30 atom stereocenters. The molecule has 6 aliphatic rings. The zero-order valence-electron chi connectivity index (χ0n) is 40.7. The third-order valence-electron chi connectivity index (χ3n) is 13.6. The first-order chi connectivity index (χ1) is 35.3. The minimum atomic E-state index is -2.16. The average Bonchev–Trinajstić information content (AvgIpc) is 3.36. The fraction of sp³-hybridized carbons (Fsp3) is 0.929. The van der Waals surface area contributed by atoms with Gasteiger partial charge in [-0.15, -0.1) is 0 Å². The van der Waals surface area contributed by atoms with Crippen molar-refractivity contribution in [3.63, 3.8) is 0 Å². The molecule has 75 heavy (non-hydrogen) atoms. The Kier molecular flexibility index (Phi) is 21.8. The van der Waals surface area contributed by atoms with Gasteiger partial charge >= 0.3 is 0 Å². The molecule has 0 aromatic carbocycles. The zero-order chi connectivity index (χ0) is 55.5. The van der Waals surface area contributed by atoms with E-state index in [1.54, 1.807) is 0 Å². The van der Waals surface area contributed by atoms with Gasteiger partial charge in [0.2, 0.25) is 17.7 Å². The Labute approximate surface area is 426 Å². The third-order valence-corrected chi connectivity index (χ3v) is 13.6. The summed E-state index contributed by atoms with van der Waals surface area (Å²) in [5.41, 5.74) is 0. The smallest absolute Gasteiger partial charge is 0.217 e. The molecular weight excluding hydrogens is 1030 g/mol. The van der Waals surface area contributed by atoms with Crippen molar-refractivity contribution in [1.29, 1.82) is 0 Å². The minimum Gasteiger partial charge on any atom is -0.394 e. The molecule has 0 aromatic rings. The summed E-state index contributed by atoms with van der Waals surface area (Å²) in [4.78, 5) is 36.8. The lowest BCUT2D eigenvalue weighted by molar-refractivity contribution is -0.374. The number of aliphatic hydroxyl groups is 16. The Balaban J connectivity index is 1.20. The van der Waals surface area contributed by atoms with Gasteiger partial charge in [0, 0.05) is 20.8 Å². The van der Waals surface area contributed by atoms with Gasteiger partial charge in [-0.25, -0.2) is 0 Å². The molecule has 33 nitrogen and oxygen atoms in total. The molecule has 0 aromatic heterocycles. The van der Waals surface area contributed by atoms with E-state index in [0.29, 0.717) is 0 Å². The highest BCUT2D eigenvalue weighted by Gasteiger charge is 2.56. The predicted molar refractivity (Wildman–Crippen MR) is 233 cm³/mol. The average molecular weight is 1100 g/mol. The highest BCUT2D eigenvalue weighted by atomic mass is 16.8. The van der Waals surface area contributed by atoms with E-state index in [-0.39, 0.29) is 0 Å². The van der Waals surface area contributed by atoms with Crippen molar-refractivity contribution in [2.75, 3.05) is 33.0 Å². The molecule has 6 aliphatic heterocycles. The molecule has 0 saturated carbocycles. The summed E-state index contributed by atoms with van der Waals surface area (Å²) in [5.74, 6) is -2.31. The van der Waals surface area contributed by atoms with Crippen molar-refractivity contribution >= 4 is 17.7 Å². The molecule has 3 amide bonds. The highest BCUT2D eigenvalue weighted by molar-refractivity contribution is 5.74. The van der Waals surface area contributed by atoms with Crippen LogP contribution in [0.15, 0.2) is 0 Å². The highest BCUT2D eigenvalue weighted by Crippen LogP contribution is 2.35. The largest absolute Gasteiger partial charge is 0.394 e. The number of carbonyl (C=O) groups is 3. The van der Waals surface area contributed by atoms with Gasteiger partial charge in [-0.1, -0.05) is 0 Å². The van der Waals surface area contributed by atoms with Gasteiger partial charge in [0.05, 0.1) is 39.1 Å². The van der Waals surface area contributed by atoms with E-state index in [9.17, 15) is 96.1 Å². The van der Waals surface area contributed by atoms with E-state index < -0.39 is 235 Å². The number of nitrogens with one attached hydrogen (secondary N) is 3. The first-order valence-corrected chi connectivity index (χ1v) is 23.9. The van der Waals surface area contributed by atoms with Crippen molar-refractivity contribution in [3.05, 3.63) is 0 Å². The summed E-state index contributed by atoms with van der Waals surface area (Å²) < 4.78 is 63.4. The van der Waals surface area contributed by atoms with E-state index in [2.05, 4.69) is 16.0 Å². The molecule has 0 aliphatic carbocycles. The van der Waals surface area contributed by atoms with Gasteiger partial charge in [-0.3, -0.25) is 14.4 Å². The molecule has 0 bridgehead atoms. The molecule has 6 heterocycles. The van der Waals surface area contributed by atoms with E-state index in [1.165, 1.54) is 6.92 Å². The van der Waals surface area contributed by atoms with Crippen LogP contribution >= 0.6 is 0 Å². The Hall–Kier alpha value is -2.67. The number of ether oxygens (including phenoxy) is 11. The van der Waals surface area contributed by atoms with Crippen LogP contribution in [0.5, 0.6) is 0 Å². The van der Waals surface area contributed by atoms with Crippen LogP contribution in [0.25, 0.3) is 0 Å². The Morgan fingerprint density at radius 3 is 1.35 bits per heavy atom. The summed E-state index contributed by atoms with van der Waals surface area (Å²) in [6, 6.07) is -4.92. The summed E-state index contributed by atoms with van der Waals surface area (Å²) in [6.45, 7) is 0.105. The summed E-state index contributed by atoms with van der Waals surface area (Å²) >= 11 is 0. The number of rotatable bonds is 18. The van der Waals surface area contributed by atoms with E-state index in [1.807, 2.05) is 0 Å². The van der Waals surface area contributed by atoms with Gasteiger partial charge in [0.15, 0.2) is 37.7 Å². The number of hydrogen-bond acceptors (Lipinski definition) is 30. The second-order valence-electron chi connectivity index (χ2n) is 19.0. The van der Waals surface area contributed by atoms with Crippen LogP contribution in [0.4, 0.5) is 0 Å². The lowest BCUT2D eigenvalue weighted by atomic mass is 9.94. The third kappa shape index (κ3) is 13.9. The summed E-state index contributed by atoms with van der Waals surface area (Å²) in [7, 11) is 0. The lowest BCUT2D eigenvalue weighted by Crippen LogP contribution is -2.70. The molecule has 6 rings (SSSR count). The summed E-state index contributed by atoms with van der Waals surface area (Å²) in [6.07, 6.45) is -48.7. The lowest BCUT2D eigenvalue weighted by Gasteiger charge is -2.49. The van der Waals surface area contributed by atoms with Crippen LogP contribution in [-0.4, -0.2) is 317 Å². The van der Waals surface area contributed by atoms with E-state index in [4.69, 9.17) is 52.1 Å². The Morgan fingerprint density at radius 1 is 0.373 bits per heavy atom.